The summed E-state index contributed by atoms with van der Waals surface area (Å²) in [7, 11) is 3.70. The Labute approximate surface area is 225 Å². The molecule has 39 heavy (non-hydrogen) atoms. The van der Waals surface area contributed by atoms with E-state index in [0.717, 1.165) is 25.9 Å². The Kier molecular flexibility index (Phi) is 7.83. The van der Waals surface area contributed by atoms with Crippen molar-refractivity contribution in [1.29, 1.82) is 0 Å². The van der Waals surface area contributed by atoms with Gasteiger partial charge in [0.05, 0.1) is 24.9 Å². The minimum atomic E-state index is -0.594. The van der Waals surface area contributed by atoms with Gasteiger partial charge in [-0.25, -0.2) is 18.7 Å². The molecule has 202 valence electrons. The number of anilines is 3. The van der Waals surface area contributed by atoms with Crippen molar-refractivity contribution in [3.8, 4) is 11.5 Å². The number of piperidine rings is 1. The molecule has 0 unspecified atom stereocenters. The first-order valence-corrected chi connectivity index (χ1v) is 12.7. The van der Waals surface area contributed by atoms with E-state index in [0.29, 0.717) is 40.7 Å². The number of likely N-dealkylation sites (tertiary alicyclic amines) is 1. The van der Waals surface area contributed by atoms with Crippen molar-refractivity contribution in [2.75, 3.05) is 44.5 Å². The lowest BCUT2D eigenvalue weighted by Gasteiger charge is -2.28. The van der Waals surface area contributed by atoms with Gasteiger partial charge in [-0.3, -0.25) is 4.79 Å². The summed E-state index contributed by atoms with van der Waals surface area (Å²) in [5.41, 5.74) is 1.30. The third kappa shape index (κ3) is 6.23. The molecule has 2 N–H and O–H groups in total. The van der Waals surface area contributed by atoms with Gasteiger partial charge in [-0.1, -0.05) is 0 Å². The van der Waals surface area contributed by atoms with Gasteiger partial charge in [0, 0.05) is 22.7 Å². The first-order valence-electron chi connectivity index (χ1n) is 12.7. The number of ether oxygens (including phenoxy) is 2. The number of rotatable bonds is 8. The average molecular weight is 534 g/mol. The minimum Gasteiger partial charge on any atom is -0.493 e. The maximum atomic E-state index is 15.0. The molecule has 0 radical (unpaired) electrons. The van der Waals surface area contributed by atoms with E-state index in [1.54, 1.807) is 25.3 Å². The highest BCUT2D eigenvalue weighted by molar-refractivity contribution is 6.04. The number of fused-ring (bicyclic) bond motifs is 1. The van der Waals surface area contributed by atoms with Crippen LogP contribution in [0.2, 0.25) is 0 Å². The maximum absolute atomic E-state index is 15.0. The van der Waals surface area contributed by atoms with E-state index in [1.165, 1.54) is 42.7 Å². The fourth-order valence-corrected chi connectivity index (χ4v) is 4.50. The second-order valence-corrected chi connectivity index (χ2v) is 9.58. The number of hydrogen-bond donors (Lipinski definition) is 2. The standard InChI is InChI=1S/C29H29F2N5O3/c1-36-11-9-18(10-12-36)16-39-27-15-25-22(14-26(27)38-2)28(33-17-32-25)35-24-8-7-21(13-23(24)31)34-29(37)19-3-5-20(30)6-4-19/h3-8,13-15,17-18H,9-12,16H2,1-2H3,(H,34,37)(H,32,33,35). The van der Waals surface area contributed by atoms with Crippen LogP contribution in [-0.2, 0) is 0 Å². The molecular formula is C29H29F2N5O3. The Morgan fingerprint density at radius 3 is 2.51 bits per heavy atom. The molecule has 0 spiro atoms. The molecule has 10 heteroatoms. The number of halogens is 2. The predicted molar refractivity (Wildman–Crippen MR) is 146 cm³/mol. The van der Waals surface area contributed by atoms with Gasteiger partial charge in [-0.2, -0.15) is 0 Å². The summed E-state index contributed by atoms with van der Waals surface area (Å²) in [6.45, 7) is 2.72. The van der Waals surface area contributed by atoms with Crippen LogP contribution in [0.5, 0.6) is 11.5 Å². The molecule has 1 aromatic heterocycles. The average Bonchev–Trinajstić information content (AvgIpc) is 2.94. The van der Waals surface area contributed by atoms with Gasteiger partial charge in [0.25, 0.3) is 5.91 Å². The number of benzene rings is 3. The lowest BCUT2D eigenvalue weighted by atomic mass is 9.98. The molecule has 4 aromatic rings. The van der Waals surface area contributed by atoms with Gasteiger partial charge in [-0.05, 0) is 87.4 Å². The summed E-state index contributed by atoms with van der Waals surface area (Å²) in [4.78, 5) is 23.4. The first-order chi connectivity index (χ1) is 18.9. The lowest BCUT2D eigenvalue weighted by Crippen LogP contribution is -2.32. The van der Waals surface area contributed by atoms with Crippen LogP contribution in [-0.4, -0.2) is 54.6 Å². The fraction of sp³-hybridized carbons (Fsp3) is 0.276. The van der Waals surface area contributed by atoms with Crippen molar-refractivity contribution in [2.45, 2.75) is 12.8 Å². The van der Waals surface area contributed by atoms with Gasteiger partial charge in [0.1, 0.15) is 23.8 Å². The SMILES string of the molecule is COc1cc2c(Nc3ccc(NC(=O)c4ccc(F)cc4)cc3F)ncnc2cc1OCC1CCN(C)CC1. The molecule has 1 saturated heterocycles. The molecule has 1 aliphatic heterocycles. The van der Waals surface area contributed by atoms with Crippen LogP contribution < -0.4 is 20.1 Å². The van der Waals surface area contributed by atoms with Crippen LogP contribution in [0.15, 0.2) is 60.9 Å². The Hall–Kier alpha value is -4.31. The summed E-state index contributed by atoms with van der Waals surface area (Å²) < 4.78 is 39.8. The molecule has 0 bridgehead atoms. The van der Waals surface area contributed by atoms with E-state index in [9.17, 15) is 13.6 Å². The van der Waals surface area contributed by atoms with E-state index in [2.05, 4.69) is 32.5 Å². The number of carbonyl (C=O) groups excluding carboxylic acids is 1. The predicted octanol–water partition coefficient (Wildman–Crippen LogP) is 5.63. The van der Waals surface area contributed by atoms with Crippen LogP contribution in [0.25, 0.3) is 10.9 Å². The number of hydrogen-bond acceptors (Lipinski definition) is 7. The summed E-state index contributed by atoms with van der Waals surface area (Å²) in [5, 5.41) is 6.25. The summed E-state index contributed by atoms with van der Waals surface area (Å²) in [6, 6.07) is 12.9. The Morgan fingerprint density at radius 1 is 1.03 bits per heavy atom. The smallest absolute Gasteiger partial charge is 0.255 e. The van der Waals surface area contributed by atoms with Crippen molar-refractivity contribution in [3.63, 3.8) is 0 Å². The maximum Gasteiger partial charge on any atom is 0.255 e. The van der Waals surface area contributed by atoms with Gasteiger partial charge < -0.3 is 25.0 Å². The minimum absolute atomic E-state index is 0.163. The number of amides is 1. The van der Waals surface area contributed by atoms with E-state index >= 15 is 0 Å². The second-order valence-electron chi connectivity index (χ2n) is 9.58. The molecule has 0 aliphatic carbocycles. The zero-order chi connectivity index (χ0) is 27.4. The number of aromatic nitrogens is 2. The molecule has 8 nitrogen and oxygen atoms in total. The number of carbonyl (C=O) groups is 1. The molecule has 0 saturated carbocycles. The van der Waals surface area contributed by atoms with Gasteiger partial charge >= 0.3 is 0 Å². The van der Waals surface area contributed by atoms with Crippen molar-refractivity contribution < 1.29 is 23.0 Å². The quantitative estimate of drug-likeness (QED) is 0.303. The number of methoxy groups -OCH3 is 1. The fourth-order valence-electron chi connectivity index (χ4n) is 4.50. The lowest BCUT2D eigenvalue weighted by molar-refractivity contribution is 0.102. The van der Waals surface area contributed by atoms with Crippen LogP contribution in [0, 0.1) is 17.6 Å². The van der Waals surface area contributed by atoms with E-state index in [1.807, 2.05) is 0 Å². The highest BCUT2D eigenvalue weighted by Gasteiger charge is 2.19. The number of nitrogens with one attached hydrogen (secondary N) is 2. The van der Waals surface area contributed by atoms with Crippen molar-refractivity contribution in [3.05, 3.63) is 78.1 Å². The number of nitrogens with zero attached hydrogens (tertiary/aromatic N) is 3. The van der Waals surface area contributed by atoms with Crippen molar-refractivity contribution >= 4 is 34.0 Å². The second kappa shape index (κ2) is 11.6. The Morgan fingerprint density at radius 2 is 1.79 bits per heavy atom. The van der Waals surface area contributed by atoms with E-state index in [4.69, 9.17) is 9.47 Å². The monoisotopic (exact) mass is 533 g/mol. The van der Waals surface area contributed by atoms with E-state index in [-0.39, 0.29) is 16.9 Å². The molecule has 3 aromatic carbocycles. The van der Waals surface area contributed by atoms with Crippen molar-refractivity contribution in [2.24, 2.45) is 5.92 Å². The Balaban J connectivity index is 1.31. The highest BCUT2D eigenvalue weighted by Crippen LogP contribution is 2.36. The molecule has 1 fully saturated rings. The molecule has 0 atom stereocenters. The summed E-state index contributed by atoms with van der Waals surface area (Å²) in [5.74, 6) is 0.493. The first kappa shape index (κ1) is 26.3. The largest absolute Gasteiger partial charge is 0.493 e. The summed E-state index contributed by atoms with van der Waals surface area (Å²) >= 11 is 0. The molecule has 1 amide bonds. The van der Waals surface area contributed by atoms with Crippen LogP contribution in [0.3, 0.4) is 0 Å². The topological polar surface area (TPSA) is 88.6 Å². The zero-order valence-corrected chi connectivity index (χ0v) is 21.7. The molecule has 1 aliphatic rings. The third-order valence-electron chi connectivity index (χ3n) is 6.82. The highest BCUT2D eigenvalue weighted by atomic mass is 19.1. The van der Waals surface area contributed by atoms with Crippen LogP contribution >= 0.6 is 0 Å². The zero-order valence-electron chi connectivity index (χ0n) is 21.7. The molecular weight excluding hydrogens is 504 g/mol. The van der Waals surface area contributed by atoms with Crippen LogP contribution in [0.1, 0.15) is 23.2 Å². The summed E-state index contributed by atoms with van der Waals surface area (Å²) in [6.07, 6.45) is 3.57. The normalized spacial score (nSPS) is 14.3. The van der Waals surface area contributed by atoms with Crippen molar-refractivity contribution in [1.82, 2.24) is 14.9 Å². The third-order valence-corrected chi connectivity index (χ3v) is 6.82. The molecule has 2 heterocycles. The van der Waals surface area contributed by atoms with Crippen LogP contribution in [0.4, 0.5) is 26.0 Å². The van der Waals surface area contributed by atoms with Gasteiger partial charge in [-0.15, -0.1) is 0 Å². The van der Waals surface area contributed by atoms with Gasteiger partial charge in [0.15, 0.2) is 11.5 Å². The Bertz CT molecular complexity index is 1470. The molecule has 5 rings (SSSR count). The van der Waals surface area contributed by atoms with E-state index < -0.39 is 17.5 Å². The van der Waals surface area contributed by atoms with Gasteiger partial charge in [0.2, 0.25) is 0 Å².